The molecule has 0 unspecified atom stereocenters. The van der Waals surface area contributed by atoms with Crippen LogP contribution in [0.3, 0.4) is 0 Å². The summed E-state index contributed by atoms with van der Waals surface area (Å²) in [7, 11) is 0. The molecule has 1 saturated heterocycles. The number of hydrogen-bond donors (Lipinski definition) is 1. The van der Waals surface area contributed by atoms with Gasteiger partial charge >= 0.3 is 0 Å². The number of carbonyl (C=O) groups excluding carboxylic acids is 2. The molecule has 0 radical (unpaired) electrons. The van der Waals surface area contributed by atoms with Crippen molar-refractivity contribution in [3.05, 3.63) is 48.1 Å². The number of aromatic nitrogens is 2. The zero-order valence-corrected chi connectivity index (χ0v) is 16.3. The molecule has 144 valence electrons. The Labute approximate surface area is 162 Å². The van der Waals surface area contributed by atoms with Gasteiger partial charge in [-0.3, -0.25) is 9.59 Å². The Morgan fingerprint density at radius 2 is 2.04 bits per heavy atom. The van der Waals surface area contributed by atoms with Crippen LogP contribution in [-0.4, -0.2) is 58.0 Å². The molecule has 3 rings (SSSR count). The molecule has 3 atom stereocenters. The third-order valence-corrected chi connectivity index (χ3v) is 5.50. The Morgan fingerprint density at radius 1 is 1.30 bits per heavy atom. The standard InChI is InChI=1S/C19H24N4O3S/c1-13(24)21-17(8-9-27-2)19(25)23-10-15(14-6-4-3-5-7-14)16(11-23)18-20-12-26-22-18/h3-7,12,15-17H,8-11H2,1-2H3,(H,21,24)/t15-,16+,17-/m0/s1. The number of amides is 2. The van der Waals surface area contributed by atoms with Crippen LogP contribution in [0.5, 0.6) is 0 Å². The summed E-state index contributed by atoms with van der Waals surface area (Å²) in [4.78, 5) is 30.7. The lowest BCUT2D eigenvalue weighted by Gasteiger charge is -2.24. The van der Waals surface area contributed by atoms with E-state index in [0.29, 0.717) is 25.3 Å². The van der Waals surface area contributed by atoms with Gasteiger partial charge in [-0.2, -0.15) is 16.7 Å². The third-order valence-electron chi connectivity index (χ3n) is 4.86. The maximum atomic E-state index is 13.1. The minimum atomic E-state index is -0.504. The van der Waals surface area contributed by atoms with Crippen LogP contribution in [-0.2, 0) is 9.59 Å². The second-order valence-corrected chi connectivity index (χ2v) is 7.68. The fourth-order valence-electron chi connectivity index (χ4n) is 3.58. The molecule has 0 aliphatic carbocycles. The smallest absolute Gasteiger partial charge is 0.245 e. The van der Waals surface area contributed by atoms with Crippen molar-refractivity contribution in [2.24, 2.45) is 0 Å². The number of likely N-dealkylation sites (tertiary alicyclic amines) is 1. The van der Waals surface area contributed by atoms with Crippen molar-refractivity contribution in [3.63, 3.8) is 0 Å². The highest BCUT2D eigenvalue weighted by Gasteiger charge is 2.41. The molecule has 2 aromatic rings. The number of nitrogens with one attached hydrogen (secondary N) is 1. The number of thioether (sulfide) groups is 1. The van der Waals surface area contributed by atoms with Gasteiger partial charge in [0, 0.05) is 31.8 Å². The van der Waals surface area contributed by atoms with Gasteiger partial charge in [0.25, 0.3) is 0 Å². The molecule has 1 aromatic carbocycles. The molecule has 1 fully saturated rings. The summed E-state index contributed by atoms with van der Waals surface area (Å²) in [5.41, 5.74) is 1.14. The minimum Gasteiger partial charge on any atom is -0.345 e. The number of benzene rings is 1. The van der Waals surface area contributed by atoms with E-state index in [0.717, 1.165) is 11.3 Å². The van der Waals surface area contributed by atoms with E-state index in [1.54, 1.807) is 11.8 Å². The van der Waals surface area contributed by atoms with E-state index in [4.69, 9.17) is 4.52 Å². The monoisotopic (exact) mass is 388 g/mol. The first-order chi connectivity index (χ1) is 13.1. The summed E-state index contributed by atoms with van der Waals surface area (Å²) in [6, 6.07) is 9.57. The normalized spacial score (nSPS) is 20.4. The van der Waals surface area contributed by atoms with E-state index < -0.39 is 6.04 Å². The zero-order valence-electron chi connectivity index (χ0n) is 15.5. The van der Waals surface area contributed by atoms with Gasteiger partial charge in [-0.15, -0.1) is 0 Å². The summed E-state index contributed by atoms with van der Waals surface area (Å²) in [5.74, 6) is 1.23. The molecule has 8 heteroatoms. The lowest BCUT2D eigenvalue weighted by Crippen LogP contribution is -2.47. The predicted octanol–water partition coefficient (Wildman–Crippen LogP) is 2.04. The molecular formula is C19H24N4O3S. The Morgan fingerprint density at radius 3 is 2.67 bits per heavy atom. The second-order valence-electron chi connectivity index (χ2n) is 6.69. The number of hydrogen-bond acceptors (Lipinski definition) is 6. The van der Waals surface area contributed by atoms with Gasteiger partial charge in [0.1, 0.15) is 6.04 Å². The molecule has 1 N–H and O–H groups in total. The lowest BCUT2D eigenvalue weighted by atomic mass is 9.88. The predicted molar refractivity (Wildman–Crippen MR) is 103 cm³/mol. The minimum absolute atomic E-state index is 0.0337. The van der Waals surface area contributed by atoms with Gasteiger partial charge in [0.15, 0.2) is 5.82 Å². The van der Waals surface area contributed by atoms with E-state index in [-0.39, 0.29) is 23.7 Å². The maximum Gasteiger partial charge on any atom is 0.245 e. The average molecular weight is 388 g/mol. The molecule has 2 amide bonds. The molecular weight excluding hydrogens is 364 g/mol. The summed E-state index contributed by atoms with van der Waals surface area (Å²) >= 11 is 1.66. The van der Waals surface area contributed by atoms with Crippen LogP contribution >= 0.6 is 11.8 Å². The zero-order chi connectivity index (χ0) is 19.2. The quantitative estimate of drug-likeness (QED) is 0.781. The molecule has 1 aliphatic heterocycles. The van der Waals surface area contributed by atoms with Gasteiger partial charge in [-0.1, -0.05) is 35.5 Å². The topological polar surface area (TPSA) is 88.3 Å². The molecule has 1 aromatic heterocycles. The summed E-state index contributed by atoms with van der Waals surface area (Å²) < 4.78 is 4.94. The van der Waals surface area contributed by atoms with E-state index in [9.17, 15) is 9.59 Å². The highest BCUT2D eigenvalue weighted by molar-refractivity contribution is 7.98. The maximum absolute atomic E-state index is 13.1. The second kappa shape index (κ2) is 9.03. The fraction of sp³-hybridized carbons (Fsp3) is 0.474. The van der Waals surface area contributed by atoms with Crippen molar-refractivity contribution in [2.45, 2.75) is 31.2 Å². The van der Waals surface area contributed by atoms with Gasteiger partial charge < -0.3 is 14.7 Å². The van der Waals surface area contributed by atoms with Crippen molar-refractivity contribution in [1.82, 2.24) is 20.4 Å². The van der Waals surface area contributed by atoms with Crippen molar-refractivity contribution in [2.75, 3.05) is 25.1 Å². The van der Waals surface area contributed by atoms with Crippen LogP contribution in [0.25, 0.3) is 0 Å². The van der Waals surface area contributed by atoms with E-state index >= 15 is 0 Å². The number of carbonyl (C=O) groups is 2. The van der Waals surface area contributed by atoms with Gasteiger partial charge in [0.05, 0.1) is 0 Å². The summed E-state index contributed by atoms with van der Waals surface area (Å²) in [6.45, 7) is 2.52. The Balaban J connectivity index is 1.81. The molecule has 2 heterocycles. The molecule has 7 nitrogen and oxygen atoms in total. The highest BCUT2D eigenvalue weighted by atomic mass is 32.2. The number of nitrogens with zero attached hydrogens (tertiary/aromatic N) is 3. The average Bonchev–Trinajstić information content (AvgIpc) is 3.34. The van der Waals surface area contributed by atoms with E-state index in [1.807, 2.05) is 29.4 Å². The third kappa shape index (κ3) is 4.68. The van der Waals surface area contributed by atoms with Crippen LogP contribution in [0.15, 0.2) is 41.2 Å². The summed E-state index contributed by atoms with van der Waals surface area (Å²) in [5, 5.41) is 6.82. The van der Waals surface area contributed by atoms with Crippen molar-refractivity contribution < 1.29 is 14.1 Å². The number of rotatable bonds is 7. The van der Waals surface area contributed by atoms with Crippen molar-refractivity contribution >= 4 is 23.6 Å². The Kier molecular flexibility index (Phi) is 6.49. The first kappa shape index (κ1) is 19.4. The largest absolute Gasteiger partial charge is 0.345 e. The van der Waals surface area contributed by atoms with Crippen molar-refractivity contribution in [1.29, 1.82) is 0 Å². The van der Waals surface area contributed by atoms with Crippen LogP contribution in [0, 0.1) is 0 Å². The SMILES string of the molecule is CSCC[C@H](NC(C)=O)C(=O)N1C[C@@H](c2ccccc2)[C@H](c2ncon2)C1. The van der Waals surface area contributed by atoms with Gasteiger partial charge in [-0.25, -0.2) is 0 Å². The fourth-order valence-corrected chi connectivity index (χ4v) is 4.06. The highest BCUT2D eigenvalue weighted by Crippen LogP contribution is 2.38. The van der Waals surface area contributed by atoms with E-state index in [2.05, 4.69) is 27.6 Å². The van der Waals surface area contributed by atoms with Crippen LogP contribution in [0.1, 0.15) is 36.6 Å². The molecule has 0 bridgehead atoms. The molecule has 0 spiro atoms. The van der Waals surface area contributed by atoms with Gasteiger partial charge in [-0.05, 0) is 24.0 Å². The van der Waals surface area contributed by atoms with Gasteiger partial charge in [0.2, 0.25) is 18.2 Å². The first-order valence-corrected chi connectivity index (χ1v) is 10.4. The van der Waals surface area contributed by atoms with E-state index in [1.165, 1.54) is 13.3 Å². The molecule has 0 saturated carbocycles. The Hall–Kier alpha value is -2.35. The first-order valence-electron chi connectivity index (χ1n) is 8.96. The van der Waals surface area contributed by atoms with Crippen LogP contribution in [0.4, 0.5) is 0 Å². The lowest BCUT2D eigenvalue weighted by molar-refractivity contribution is -0.135. The van der Waals surface area contributed by atoms with Crippen LogP contribution in [0.2, 0.25) is 0 Å². The molecule has 27 heavy (non-hydrogen) atoms. The van der Waals surface area contributed by atoms with Crippen LogP contribution < -0.4 is 5.32 Å². The Bertz CT molecular complexity index is 754. The summed E-state index contributed by atoms with van der Waals surface area (Å²) in [6.07, 6.45) is 3.92. The van der Waals surface area contributed by atoms with Crippen molar-refractivity contribution in [3.8, 4) is 0 Å². The molecule has 1 aliphatic rings.